The van der Waals surface area contributed by atoms with Gasteiger partial charge in [-0.15, -0.1) is 0 Å². The van der Waals surface area contributed by atoms with Gasteiger partial charge in [0, 0.05) is 13.1 Å². The molecule has 2 rings (SSSR count). The number of aromatic carboxylic acids is 1. The maximum Gasteiger partial charge on any atom is 0.337 e. The van der Waals surface area contributed by atoms with Crippen LogP contribution in [-0.2, 0) is 0 Å². The van der Waals surface area contributed by atoms with E-state index in [0.717, 1.165) is 5.69 Å². The van der Waals surface area contributed by atoms with Gasteiger partial charge in [0.1, 0.15) is 0 Å². The smallest absolute Gasteiger partial charge is 0.337 e. The molecule has 0 saturated carbocycles. The summed E-state index contributed by atoms with van der Waals surface area (Å²) in [6, 6.07) is 7.02. The van der Waals surface area contributed by atoms with E-state index in [1.54, 1.807) is 12.1 Å². The quantitative estimate of drug-likeness (QED) is 0.817. The summed E-state index contributed by atoms with van der Waals surface area (Å²) < 4.78 is 0. The van der Waals surface area contributed by atoms with Gasteiger partial charge in [-0.3, -0.25) is 0 Å². The summed E-state index contributed by atoms with van der Waals surface area (Å²) in [5, 5.41) is 18.8. The van der Waals surface area contributed by atoms with Crippen LogP contribution >= 0.6 is 0 Å². The molecule has 0 spiro atoms. The Kier molecular flexibility index (Phi) is 3.33. The van der Waals surface area contributed by atoms with E-state index in [1.165, 1.54) is 0 Å². The van der Waals surface area contributed by atoms with Gasteiger partial charge in [0.05, 0.1) is 17.4 Å². The number of para-hydroxylation sites is 1. The molecular weight excluding hydrogens is 218 g/mol. The van der Waals surface area contributed by atoms with E-state index >= 15 is 0 Å². The molecule has 4 nitrogen and oxygen atoms in total. The van der Waals surface area contributed by atoms with Crippen LogP contribution in [0, 0.1) is 5.92 Å². The van der Waals surface area contributed by atoms with Crippen molar-refractivity contribution < 1.29 is 15.0 Å². The third-order valence-corrected chi connectivity index (χ3v) is 3.34. The number of piperidine rings is 1. The van der Waals surface area contributed by atoms with E-state index in [0.29, 0.717) is 25.1 Å². The third kappa shape index (κ3) is 2.42. The molecule has 1 aromatic rings. The van der Waals surface area contributed by atoms with Gasteiger partial charge in [-0.1, -0.05) is 19.1 Å². The van der Waals surface area contributed by atoms with Crippen LogP contribution in [0.25, 0.3) is 0 Å². The lowest BCUT2D eigenvalue weighted by atomic mass is 9.95. The van der Waals surface area contributed by atoms with Crippen LogP contribution in [0.2, 0.25) is 0 Å². The number of hydrogen-bond donors (Lipinski definition) is 2. The second-order valence-corrected chi connectivity index (χ2v) is 4.60. The van der Waals surface area contributed by atoms with Gasteiger partial charge in [-0.05, 0) is 24.5 Å². The van der Waals surface area contributed by atoms with Gasteiger partial charge in [-0.25, -0.2) is 4.79 Å². The molecule has 1 aliphatic rings. The molecular formula is C13H17NO3. The molecule has 0 radical (unpaired) electrons. The molecule has 1 aliphatic heterocycles. The maximum atomic E-state index is 11.1. The van der Waals surface area contributed by atoms with Gasteiger partial charge < -0.3 is 15.1 Å². The largest absolute Gasteiger partial charge is 0.478 e. The molecule has 1 heterocycles. The number of aliphatic hydroxyl groups excluding tert-OH is 1. The lowest BCUT2D eigenvalue weighted by molar-refractivity contribution is 0.0696. The molecule has 17 heavy (non-hydrogen) atoms. The minimum absolute atomic E-state index is 0.172. The standard InChI is InChI=1S/C13H17NO3/c1-9-8-14(7-6-12(9)15)11-5-3-2-4-10(11)13(16)17/h2-5,9,12,15H,6-8H2,1H3,(H,16,17). The highest BCUT2D eigenvalue weighted by Gasteiger charge is 2.26. The molecule has 1 fully saturated rings. The van der Waals surface area contributed by atoms with Crippen molar-refractivity contribution in [2.75, 3.05) is 18.0 Å². The van der Waals surface area contributed by atoms with Gasteiger partial charge in [-0.2, -0.15) is 0 Å². The van der Waals surface area contributed by atoms with Crippen molar-refractivity contribution in [1.82, 2.24) is 0 Å². The first-order valence-electron chi connectivity index (χ1n) is 5.85. The molecule has 2 N–H and O–H groups in total. The Bertz CT molecular complexity index is 419. The van der Waals surface area contributed by atoms with Crippen LogP contribution in [0.3, 0.4) is 0 Å². The molecule has 92 valence electrons. The first-order chi connectivity index (χ1) is 8.09. The van der Waals surface area contributed by atoms with E-state index < -0.39 is 5.97 Å². The highest BCUT2D eigenvalue weighted by Crippen LogP contribution is 2.26. The Hall–Kier alpha value is -1.55. The van der Waals surface area contributed by atoms with Gasteiger partial charge in [0.15, 0.2) is 0 Å². The summed E-state index contributed by atoms with van der Waals surface area (Å²) in [4.78, 5) is 13.2. The summed E-state index contributed by atoms with van der Waals surface area (Å²) in [6.45, 7) is 3.39. The highest BCUT2D eigenvalue weighted by atomic mass is 16.4. The van der Waals surface area contributed by atoms with Gasteiger partial charge >= 0.3 is 5.97 Å². The van der Waals surface area contributed by atoms with E-state index in [2.05, 4.69) is 0 Å². The van der Waals surface area contributed by atoms with Crippen LogP contribution in [0.1, 0.15) is 23.7 Å². The Balaban J connectivity index is 2.25. The number of benzene rings is 1. The van der Waals surface area contributed by atoms with Gasteiger partial charge in [0.2, 0.25) is 0 Å². The number of rotatable bonds is 2. The summed E-state index contributed by atoms with van der Waals surface area (Å²) in [5.74, 6) is -0.732. The number of carboxylic acid groups (broad SMARTS) is 1. The van der Waals surface area contributed by atoms with Crippen molar-refractivity contribution in [3.05, 3.63) is 29.8 Å². The zero-order valence-corrected chi connectivity index (χ0v) is 9.84. The van der Waals surface area contributed by atoms with Crippen molar-refractivity contribution in [3.8, 4) is 0 Å². The predicted octanol–water partition coefficient (Wildman–Crippen LogP) is 1.59. The van der Waals surface area contributed by atoms with Crippen molar-refractivity contribution in [1.29, 1.82) is 0 Å². The fourth-order valence-corrected chi connectivity index (χ4v) is 2.28. The molecule has 4 heteroatoms. The van der Waals surface area contributed by atoms with E-state index in [-0.39, 0.29) is 12.0 Å². The van der Waals surface area contributed by atoms with Crippen molar-refractivity contribution in [2.24, 2.45) is 5.92 Å². The number of carbonyl (C=O) groups is 1. The minimum atomic E-state index is -0.903. The number of carboxylic acids is 1. The fourth-order valence-electron chi connectivity index (χ4n) is 2.28. The summed E-state index contributed by atoms with van der Waals surface area (Å²) in [5.41, 5.74) is 1.08. The number of aliphatic hydroxyl groups is 1. The molecule has 0 aliphatic carbocycles. The minimum Gasteiger partial charge on any atom is -0.478 e. The highest BCUT2D eigenvalue weighted by molar-refractivity contribution is 5.94. The molecule has 2 unspecified atom stereocenters. The van der Waals surface area contributed by atoms with Gasteiger partial charge in [0.25, 0.3) is 0 Å². The lowest BCUT2D eigenvalue weighted by Crippen LogP contribution is -2.42. The van der Waals surface area contributed by atoms with Crippen LogP contribution in [0.5, 0.6) is 0 Å². The Labute approximate surface area is 100 Å². The van der Waals surface area contributed by atoms with Crippen LogP contribution in [0.15, 0.2) is 24.3 Å². The number of hydrogen-bond acceptors (Lipinski definition) is 3. The third-order valence-electron chi connectivity index (χ3n) is 3.34. The molecule has 1 aromatic carbocycles. The topological polar surface area (TPSA) is 60.8 Å². The second kappa shape index (κ2) is 4.75. The molecule has 1 saturated heterocycles. The normalized spacial score (nSPS) is 24.7. The number of nitrogens with zero attached hydrogens (tertiary/aromatic N) is 1. The molecule has 0 aromatic heterocycles. The summed E-state index contributed by atoms with van der Waals surface area (Å²) in [6.07, 6.45) is 0.415. The fraction of sp³-hybridized carbons (Fsp3) is 0.462. The molecule has 2 atom stereocenters. The van der Waals surface area contributed by atoms with Crippen molar-refractivity contribution >= 4 is 11.7 Å². The zero-order chi connectivity index (χ0) is 12.4. The predicted molar refractivity (Wildman–Crippen MR) is 65.4 cm³/mol. The van der Waals surface area contributed by atoms with E-state index in [4.69, 9.17) is 5.11 Å². The number of anilines is 1. The summed E-state index contributed by atoms with van der Waals surface area (Å²) >= 11 is 0. The Morgan fingerprint density at radius 1 is 1.41 bits per heavy atom. The van der Waals surface area contributed by atoms with Crippen LogP contribution in [-0.4, -0.2) is 35.4 Å². The first-order valence-corrected chi connectivity index (χ1v) is 5.85. The van der Waals surface area contributed by atoms with Crippen LogP contribution < -0.4 is 4.90 Å². The monoisotopic (exact) mass is 235 g/mol. The molecule has 0 bridgehead atoms. The van der Waals surface area contributed by atoms with Crippen molar-refractivity contribution in [3.63, 3.8) is 0 Å². The average molecular weight is 235 g/mol. The first kappa shape index (κ1) is 11.9. The Morgan fingerprint density at radius 2 is 2.12 bits per heavy atom. The van der Waals surface area contributed by atoms with E-state index in [9.17, 15) is 9.90 Å². The Morgan fingerprint density at radius 3 is 2.76 bits per heavy atom. The SMILES string of the molecule is CC1CN(c2ccccc2C(=O)O)CCC1O. The van der Waals surface area contributed by atoms with Crippen molar-refractivity contribution in [2.45, 2.75) is 19.4 Å². The van der Waals surface area contributed by atoms with Crippen LogP contribution in [0.4, 0.5) is 5.69 Å². The average Bonchev–Trinajstić information content (AvgIpc) is 2.32. The lowest BCUT2D eigenvalue weighted by Gasteiger charge is -2.36. The van der Waals surface area contributed by atoms with E-state index in [1.807, 2.05) is 24.0 Å². The zero-order valence-electron chi connectivity index (χ0n) is 9.84. The second-order valence-electron chi connectivity index (χ2n) is 4.60. The maximum absolute atomic E-state index is 11.1. The molecule has 0 amide bonds. The summed E-state index contributed by atoms with van der Waals surface area (Å²) in [7, 11) is 0.